The molecule has 1 aromatic carbocycles. The number of nitrogens with zero attached hydrogens (tertiary/aromatic N) is 4. The summed E-state index contributed by atoms with van der Waals surface area (Å²) in [6.45, 7) is 4.48. The van der Waals surface area contributed by atoms with Gasteiger partial charge in [-0.25, -0.2) is 13.8 Å². The van der Waals surface area contributed by atoms with Crippen LogP contribution in [0.3, 0.4) is 0 Å². The van der Waals surface area contributed by atoms with Crippen molar-refractivity contribution < 1.29 is 13.6 Å². The summed E-state index contributed by atoms with van der Waals surface area (Å²) in [6.07, 6.45) is 1.56. The molecular weight excluding hydrogens is 412 g/mol. The maximum Gasteiger partial charge on any atom is 0.277 e. The van der Waals surface area contributed by atoms with Gasteiger partial charge in [-0.05, 0) is 19.1 Å². The molecule has 1 aliphatic rings. The number of carbonyl (C=O) groups is 1. The van der Waals surface area contributed by atoms with Crippen LogP contribution in [0.25, 0.3) is 10.6 Å². The van der Waals surface area contributed by atoms with Crippen LogP contribution in [0.5, 0.6) is 0 Å². The number of hydrogen-bond donors (Lipinski definition) is 3. The topological polar surface area (TPSA) is 101 Å². The number of hydrogen-bond acceptors (Lipinski definition) is 7. The average molecular weight is 433 g/mol. The van der Waals surface area contributed by atoms with E-state index in [4.69, 9.17) is 5.73 Å². The molecule has 1 fully saturated rings. The second-order valence-corrected chi connectivity index (χ2v) is 8.07. The van der Waals surface area contributed by atoms with Gasteiger partial charge in [0.05, 0.1) is 11.8 Å². The highest BCUT2D eigenvalue weighted by molar-refractivity contribution is 7.19. The van der Waals surface area contributed by atoms with Crippen LogP contribution in [0.2, 0.25) is 0 Å². The zero-order chi connectivity index (χ0) is 21.4. The van der Waals surface area contributed by atoms with E-state index >= 15 is 0 Å². The molecule has 1 atom stereocenters. The highest BCUT2D eigenvalue weighted by atomic mass is 32.1. The summed E-state index contributed by atoms with van der Waals surface area (Å²) in [5.41, 5.74) is 6.08. The molecule has 3 aromatic rings. The van der Waals surface area contributed by atoms with Crippen LogP contribution >= 0.6 is 11.3 Å². The number of benzene rings is 1. The Hall–Kier alpha value is -3.05. The Morgan fingerprint density at radius 1 is 1.37 bits per heavy atom. The lowest BCUT2D eigenvalue weighted by Gasteiger charge is -2.36. The molecule has 158 valence electrons. The minimum atomic E-state index is -0.766. The van der Waals surface area contributed by atoms with Gasteiger partial charge in [0.2, 0.25) is 0 Å². The molecule has 0 unspecified atom stereocenters. The lowest BCUT2D eigenvalue weighted by Crippen LogP contribution is -2.50. The molecule has 1 amide bonds. The van der Waals surface area contributed by atoms with Crippen LogP contribution in [0.15, 0.2) is 24.4 Å². The van der Waals surface area contributed by atoms with E-state index in [0.29, 0.717) is 5.69 Å². The van der Waals surface area contributed by atoms with Crippen LogP contribution in [-0.4, -0.2) is 46.3 Å². The second kappa shape index (κ2) is 8.00. The molecule has 1 aliphatic heterocycles. The number of amides is 1. The summed E-state index contributed by atoms with van der Waals surface area (Å²) in [5, 5.41) is 10.5. The number of aryl methyl sites for hydroxylation is 1. The molecule has 8 nitrogen and oxygen atoms in total. The fourth-order valence-corrected chi connectivity index (χ4v) is 4.38. The van der Waals surface area contributed by atoms with Crippen molar-refractivity contribution in [1.29, 1.82) is 0 Å². The quantitative estimate of drug-likeness (QED) is 0.584. The zero-order valence-electron chi connectivity index (χ0n) is 16.4. The van der Waals surface area contributed by atoms with Crippen molar-refractivity contribution in [2.45, 2.75) is 13.0 Å². The van der Waals surface area contributed by atoms with Crippen molar-refractivity contribution in [1.82, 2.24) is 20.1 Å². The van der Waals surface area contributed by atoms with E-state index in [1.165, 1.54) is 6.07 Å². The minimum absolute atomic E-state index is 0.00962. The minimum Gasteiger partial charge on any atom is -0.389 e. The van der Waals surface area contributed by atoms with Gasteiger partial charge in [0.15, 0.2) is 11.5 Å². The smallest absolute Gasteiger partial charge is 0.277 e. The largest absolute Gasteiger partial charge is 0.389 e. The van der Waals surface area contributed by atoms with Crippen LogP contribution in [0.1, 0.15) is 17.4 Å². The van der Waals surface area contributed by atoms with Crippen molar-refractivity contribution in [2.24, 2.45) is 7.05 Å². The second-order valence-electron chi connectivity index (χ2n) is 7.03. The number of piperazine rings is 1. The van der Waals surface area contributed by atoms with Crippen LogP contribution in [0.4, 0.5) is 25.3 Å². The van der Waals surface area contributed by atoms with Gasteiger partial charge in [-0.3, -0.25) is 9.48 Å². The molecule has 30 heavy (non-hydrogen) atoms. The van der Waals surface area contributed by atoms with E-state index in [9.17, 15) is 13.6 Å². The molecular formula is C19H21F2N7OS. The molecule has 3 heterocycles. The van der Waals surface area contributed by atoms with Crippen molar-refractivity contribution in [3.8, 4) is 10.6 Å². The number of nitrogens with one attached hydrogen (secondary N) is 2. The molecule has 4 N–H and O–H groups in total. The van der Waals surface area contributed by atoms with E-state index in [2.05, 4.69) is 32.5 Å². The highest BCUT2D eigenvalue weighted by Gasteiger charge is 2.27. The van der Waals surface area contributed by atoms with Gasteiger partial charge < -0.3 is 21.3 Å². The maximum atomic E-state index is 14.1. The maximum absolute atomic E-state index is 14.1. The summed E-state index contributed by atoms with van der Waals surface area (Å²) < 4.78 is 29.9. The van der Waals surface area contributed by atoms with Gasteiger partial charge in [-0.2, -0.15) is 5.10 Å². The van der Waals surface area contributed by atoms with Crippen molar-refractivity contribution >= 4 is 33.8 Å². The Balaban J connectivity index is 1.63. The van der Waals surface area contributed by atoms with E-state index in [1.54, 1.807) is 17.9 Å². The van der Waals surface area contributed by atoms with Crippen molar-refractivity contribution in [3.05, 3.63) is 41.7 Å². The summed E-state index contributed by atoms with van der Waals surface area (Å²) in [4.78, 5) is 19.1. The summed E-state index contributed by atoms with van der Waals surface area (Å²) >= 11 is 0.859. The lowest BCUT2D eigenvalue weighted by molar-refractivity contribution is 0.102. The van der Waals surface area contributed by atoms with Crippen molar-refractivity contribution in [2.75, 3.05) is 35.6 Å². The highest BCUT2D eigenvalue weighted by Crippen LogP contribution is 2.34. The Morgan fingerprint density at radius 2 is 2.10 bits per heavy atom. The van der Waals surface area contributed by atoms with Crippen LogP contribution in [0, 0.1) is 11.6 Å². The first-order valence-electron chi connectivity index (χ1n) is 9.38. The SMILES string of the molecule is C[C@@H]1CNCCN1c1c(NC(=O)c2nc(-c3c(F)cccc3F)sc2N)cnn1C. The fraction of sp³-hybridized carbons (Fsp3) is 0.316. The first-order valence-corrected chi connectivity index (χ1v) is 10.2. The molecule has 0 aliphatic carbocycles. The summed E-state index contributed by atoms with van der Waals surface area (Å²) in [6, 6.07) is 3.74. The molecule has 0 bridgehead atoms. The van der Waals surface area contributed by atoms with Gasteiger partial charge in [0.1, 0.15) is 27.3 Å². The number of nitrogens with two attached hydrogens (primary N) is 1. The zero-order valence-corrected chi connectivity index (χ0v) is 17.3. The van der Waals surface area contributed by atoms with Crippen LogP contribution in [-0.2, 0) is 7.05 Å². The fourth-order valence-electron chi connectivity index (χ4n) is 3.50. The molecule has 4 rings (SSSR count). The van der Waals surface area contributed by atoms with Gasteiger partial charge in [0, 0.05) is 32.7 Å². The normalized spacial score (nSPS) is 16.7. The first-order chi connectivity index (χ1) is 14.4. The third-order valence-electron chi connectivity index (χ3n) is 4.97. The number of nitrogen functional groups attached to an aromatic ring is 1. The molecule has 0 saturated carbocycles. The average Bonchev–Trinajstić information content (AvgIpc) is 3.25. The molecule has 1 saturated heterocycles. The Labute approximate surface area is 175 Å². The standard InChI is InChI=1S/C19H21F2N7OS/c1-10-8-23-6-7-28(10)19-13(9-24-27(19)2)25-17(29)15-16(22)30-18(26-15)14-11(20)4-3-5-12(14)21/h3-5,9-10,23H,6-8,22H2,1-2H3,(H,25,29)/t10-/m1/s1. The third-order valence-corrected chi connectivity index (χ3v) is 5.88. The number of rotatable bonds is 4. The van der Waals surface area contributed by atoms with Gasteiger partial charge in [-0.15, -0.1) is 0 Å². The van der Waals surface area contributed by atoms with E-state index in [-0.39, 0.29) is 27.3 Å². The third kappa shape index (κ3) is 3.61. The Bertz CT molecular complexity index is 1080. The van der Waals surface area contributed by atoms with E-state index in [0.717, 1.165) is 48.9 Å². The number of carbonyl (C=O) groups excluding carboxylic acids is 1. The van der Waals surface area contributed by atoms with E-state index in [1.807, 2.05) is 0 Å². The molecule has 2 aromatic heterocycles. The molecule has 0 radical (unpaired) electrons. The number of halogens is 2. The van der Waals surface area contributed by atoms with Crippen molar-refractivity contribution in [3.63, 3.8) is 0 Å². The first kappa shape index (κ1) is 20.2. The molecule has 11 heteroatoms. The predicted molar refractivity (Wildman–Crippen MR) is 113 cm³/mol. The predicted octanol–water partition coefficient (Wildman–Crippen LogP) is 2.45. The molecule has 0 spiro atoms. The Morgan fingerprint density at radius 3 is 2.80 bits per heavy atom. The number of thiazole rings is 1. The lowest BCUT2D eigenvalue weighted by atomic mass is 10.2. The summed E-state index contributed by atoms with van der Waals surface area (Å²) in [7, 11) is 1.80. The van der Waals surface area contributed by atoms with Gasteiger partial charge in [0.25, 0.3) is 5.91 Å². The summed E-state index contributed by atoms with van der Waals surface area (Å²) in [5.74, 6) is -1.33. The van der Waals surface area contributed by atoms with E-state index < -0.39 is 17.5 Å². The number of aromatic nitrogens is 3. The Kier molecular flexibility index (Phi) is 5.39. The monoisotopic (exact) mass is 433 g/mol. The van der Waals surface area contributed by atoms with Gasteiger partial charge in [-0.1, -0.05) is 17.4 Å². The van der Waals surface area contributed by atoms with Crippen LogP contribution < -0.4 is 21.3 Å². The van der Waals surface area contributed by atoms with Gasteiger partial charge >= 0.3 is 0 Å². The number of anilines is 3.